The summed E-state index contributed by atoms with van der Waals surface area (Å²) in [5.74, 6) is 0. The third-order valence-electron chi connectivity index (χ3n) is 4.81. The molecule has 2 saturated carbocycles. The molecule has 2 rings (SSSR count). The van der Waals surface area contributed by atoms with Gasteiger partial charge < -0.3 is 15.2 Å². The first-order chi connectivity index (χ1) is 9.73. The molecule has 1 unspecified atom stereocenters. The number of hydrogen-bond donors (Lipinski definition) is 2. The molecule has 2 aliphatic carbocycles. The quantitative estimate of drug-likeness (QED) is 0.573. The number of aliphatic hydroxyl groups excluding tert-OH is 1. The zero-order chi connectivity index (χ0) is 14.4. The Balaban J connectivity index is 1.72. The van der Waals surface area contributed by atoms with Gasteiger partial charge in [0.05, 0.1) is 13.2 Å². The van der Waals surface area contributed by atoms with E-state index in [2.05, 4.69) is 17.1 Å². The molecule has 4 heteroatoms. The molecule has 0 radical (unpaired) electrons. The van der Waals surface area contributed by atoms with Crippen molar-refractivity contribution in [1.82, 2.24) is 10.2 Å². The fourth-order valence-electron chi connectivity index (χ4n) is 2.99. The van der Waals surface area contributed by atoms with Crippen molar-refractivity contribution >= 4 is 0 Å². The molecule has 0 bridgehead atoms. The molecule has 2 N–H and O–H groups in total. The van der Waals surface area contributed by atoms with E-state index in [1.807, 2.05) is 0 Å². The van der Waals surface area contributed by atoms with E-state index in [9.17, 15) is 5.11 Å². The Kier molecular flexibility index (Phi) is 6.27. The van der Waals surface area contributed by atoms with Gasteiger partial charge in [0.2, 0.25) is 0 Å². The van der Waals surface area contributed by atoms with Crippen molar-refractivity contribution in [1.29, 1.82) is 0 Å². The summed E-state index contributed by atoms with van der Waals surface area (Å²) in [4.78, 5) is 2.57. The van der Waals surface area contributed by atoms with Gasteiger partial charge in [-0.15, -0.1) is 0 Å². The van der Waals surface area contributed by atoms with Crippen LogP contribution in [0.2, 0.25) is 0 Å². The summed E-state index contributed by atoms with van der Waals surface area (Å²) in [5, 5.41) is 13.5. The summed E-state index contributed by atoms with van der Waals surface area (Å²) >= 11 is 0. The Morgan fingerprint density at radius 1 is 1.25 bits per heavy atom. The highest BCUT2D eigenvalue weighted by Gasteiger charge is 2.34. The molecule has 0 aromatic rings. The topological polar surface area (TPSA) is 44.7 Å². The Morgan fingerprint density at radius 3 is 2.50 bits per heavy atom. The summed E-state index contributed by atoms with van der Waals surface area (Å²) in [6, 6.07) is 1.46. The van der Waals surface area contributed by atoms with Crippen LogP contribution in [-0.4, -0.2) is 61.0 Å². The lowest BCUT2D eigenvalue weighted by molar-refractivity contribution is 0.122. The summed E-state index contributed by atoms with van der Waals surface area (Å²) in [5.41, 5.74) is -0.0440. The van der Waals surface area contributed by atoms with Gasteiger partial charge in [0.15, 0.2) is 0 Å². The van der Waals surface area contributed by atoms with Crippen LogP contribution in [0.3, 0.4) is 0 Å². The van der Waals surface area contributed by atoms with Crippen LogP contribution in [0.15, 0.2) is 0 Å². The second kappa shape index (κ2) is 7.74. The predicted octanol–water partition coefficient (Wildman–Crippen LogP) is 1.77. The smallest absolute Gasteiger partial charge is 0.0613 e. The maximum atomic E-state index is 9.79. The molecule has 4 nitrogen and oxygen atoms in total. The third-order valence-corrected chi connectivity index (χ3v) is 4.81. The Labute approximate surface area is 123 Å². The fourth-order valence-corrected chi connectivity index (χ4v) is 2.99. The first-order valence-corrected chi connectivity index (χ1v) is 8.34. The summed E-state index contributed by atoms with van der Waals surface area (Å²) in [7, 11) is 1.78. The molecule has 2 aliphatic rings. The molecular formula is C16H32N2O2. The summed E-state index contributed by atoms with van der Waals surface area (Å²) < 4.78 is 5.21. The maximum absolute atomic E-state index is 9.79. The van der Waals surface area contributed by atoms with E-state index >= 15 is 0 Å². The Hall–Kier alpha value is -0.160. The van der Waals surface area contributed by atoms with Crippen LogP contribution in [0.25, 0.3) is 0 Å². The van der Waals surface area contributed by atoms with Crippen LogP contribution in [0.4, 0.5) is 0 Å². The van der Waals surface area contributed by atoms with Crippen molar-refractivity contribution in [3.63, 3.8) is 0 Å². The van der Waals surface area contributed by atoms with Gasteiger partial charge in [0.25, 0.3) is 0 Å². The second-order valence-electron chi connectivity index (χ2n) is 6.57. The number of ether oxygens (including phenoxy) is 1. The highest BCUT2D eigenvalue weighted by atomic mass is 16.5. The number of aliphatic hydroxyl groups is 1. The predicted molar refractivity (Wildman–Crippen MR) is 82.0 cm³/mol. The van der Waals surface area contributed by atoms with Gasteiger partial charge in [-0.2, -0.15) is 0 Å². The van der Waals surface area contributed by atoms with Gasteiger partial charge in [0.1, 0.15) is 0 Å². The lowest BCUT2D eigenvalue weighted by atomic mass is 9.91. The largest absolute Gasteiger partial charge is 0.394 e. The van der Waals surface area contributed by atoms with Gasteiger partial charge in [0, 0.05) is 31.3 Å². The zero-order valence-corrected chi connectivity index (χ0v) is 13.2. The zero-order valence-electron chi connectivity index (χ0n) is 13.2. The van der Waals surface area contributed by atoms with Crippen molar-refractivity contribution in [2.45, 2.75) is 69.5 Å². The summed E-state index contributed by atoms with van der Waals surface area (Å²) in [6.07, 6.45) is 8.52. The van der Waals surface area contributed by atoms with E-state index in [0.29, 0.717) is 6.04 Å². The average Bonchev–Trinajstić information content (AvgIpc) is 3.35. The number of methoxy groups -OCH3 is 1. The Bertz CT molecular complexity index is 274. The van der Waals surface area contributed by atoms with E-state index in [-0.39, 0.29) is 12.1 Å². The molecule has 0 saturated heterocycles. The molecular weight excluding hydrogens is 252 g/mol. The van der Waals surface area contributed by atoms with Gasteiger partial charge in [-0.1, -0.05) is 6.92 Å². The minimum absolute atomic E-state index is 0.0440. The lowest BCUT2D eigenvalue weighted by Crippen LogP contribution is -2.49. The van der Waals surface area contributed by atoms with E-state index in [0.717, 1.165) is 45.0 Å². The van der Waals surface area contributed by atoms with E-state index in [1.165, 1.54) is 25.7 Å². The van der Waals surface area contributed by atoms with Gasteiger partial charge in [-0.3, -0.25) is 4.90 Å². The van der Waals surface area contributed by atoms with Crippen LogP contribution >= 0.6 is 0 Å². The monoisotopic (exact) mass is 284 g/mol. The average molecular weight is 284 g/mol. The van der Waals surface area contributed by atoms with Crippen molar-refractivity contribution in [2.75, 3.05) is 33.4 Å². The fraction of sp³-hybridized carbons (Fsp3) is 1.00. The first-order valence-electron chi connectivity index (χ1n) is 8.34. The molecule has 0 aromatic carbocycles. The Morgan fingerprint density at radius 2 is 2.00 bits per heavy atom. The van der Waals surface area contributed by atoms with E-state index in [1.54, 1.807) is 7.11 Å². The SMILES string of the molecule is CCC(CO)(CCCN(CCOC)C1CC1)NC1CC1. The van der Waals surface area contributed by atoms with Crippen molar-refractivity contribution in [2.24, 2.45) is 0 Å². The first kappa shape index (κ1) is 16.2. The van der Waals surface area contributed by atoms with Crippen LogP contribution < -0.4 is 5.32 Å². The van der Waals surface area contributed by atoms with Crippen molar-refractivity contribution < 1.29 is 9.84 Å². The summed E-state index contributed by atoms with van der Waals surface area (Å²) in [6.45, 7) is 5.48. The van der Waals surface area contributed by atoms with Gasteiger partial charge >= 0.3 is 0 Å². The number of hydrogen-bond acceptors (Lipinski definition) is 4. The van der Waals surface area contributed by atoms with Crippen LogP contribution in [-0.2, 0) is 4.74 Å². The molecule has 2 fully saturated rings. The molecule has 0 spiro atoms. The lowest BCUT2D eigenvalue weighted by Gasteiger charge is -2.33. The maximum Gasteiger partial charge on any atom is 0.0613 e. The van der Waals surface area contributed by atoms with Gasteiger partial charge in [-0.05, 0) is 51.5 Å². The highest BCUT2D eigenvalue weighted by Crippen LogP contribution is 2.29. The standard InChI is InChI=1S/C16H32N2O2/c1-3-16(13-19,17-14-5-6-14)9-4-10-18(11-12-20-2)15-7-8-15/h14-15,17,19H,3-13H2,1-2H3. The van der Waals surface area contributed by atoms with Crippen LogP contribution in [0, 0.1) is 0 Å². The third kappa shape index (κ3) is 4.99. The van der Waals surface area contributed by atoms with E-state index < -0.39 is 0 Å². The molecule has 0 amide bonds. The molecule has 0 aliphatic heterocycles. The number of nitrogens with one attached hydrogen (secondary N) is 1. The van der Waals surface area contributed by atoms with Crippen molar-refractivity contribution in [3.8, 4) is 0 Å². The second-order valence-corrected chi connectivity index (χ2v) is 6.57. The highest BCUT2D eigenvalue weighted by molar-refractivity contribution is 4.95. The number of nitrogens with zero attached hydrogens (tertiary/aromatic N) is 1. The van der Waals surface area contributed by atoms with Crippen LogP contribution in [0.1, 0.15) is 51.9 Å². The molecule has 118 valence electrons. The number of rotatable bonds is 12. The van der Waals surface area contributed by atoms with E-state index in [4.69, 9.17) is 4.74 Å². The van der Waals surface area contributed by atoms with Crippen LogP contribution in [0.5, 0.6) is 0 Å². The molecule has 1 atom stereocenters. The minimum Gasteiger partial charge on any atom is -0.394 e. The molecule has 0 heterocycles. The minimum atomic E-state index is -0.0440. The molecule has 0 aromatic heterocycles. The van der Waals surface area contributed by atoms with Crippen molar-refractivity contribution in [3.05, 3.63) is 0 Å². The molecule has 20 heavy (non-hydrogen) atoms. The normalized spacial score (nSPS) is 22.2. The van der Waals surface area contributed by atoms with Gasteiger partial charge in [-0.25, -0.2) is 0 Å².